The van der Waals surface area contributed by atoms with Crippen LogP contribution in [0.5, 0.6) is 0 Å². The summed E-state index contributed by atoms with van der Waals surface area (Å²) in [7, 11) is -2.59. The number of unbranched alkanes of at least 4 members (excludes halogenated alkanes) is 4. The quantitative estimate of drug-likeness (QED) is 0.0966. The van der Waals surface area contributed by atoms with Crippen molar-refractivity contribution in [1.82, 2.24) is 4.90 Å². The zero-order valence-electron chi connectivity index (χ0n) is 29.0. The summed E-state index contributed by atoms with van der Waals surface area (Å²) in [4.78, 5) is 46.5. The molecular formula is C35H54BrN3O9S. The Morgan fingerprint density at radius 3 is 2.08 bits per heavy atom. The fourth-order valence-electron chi connectivity index (χ4n) is 5.38. The highest BCUT2D eigenvalue weighted by molar-refractivity contribution is 9.10. The average Bonchev–Trinajstić information content (AvgIpc) is 3.46. The molecule has 0 spiro atoms. The van der Waals surface area contributed by atoms with Crippen LogP contribution < -0.4 is 11.5 Å². The number of hydrogen-bond acceptors (Lipinski definition) is 9. The van der Waals surface area contributed by atoms with Crippen molar-refractivity contribution in [3.8, 4) is 0 Å². The van der Waals surface area contributed by atoms with E-state index in [4.69, 9.17) is 20.4 Å². The van der Waals surface area contributed by atoms with Crippen molar-refractivity contribution >= 4 is 49.9 Å². The maximum absolute atomic E-state index is 12.6. The number of hydrogen-bond donors (Lipinski definition) is 2. The van der Waals surface area contributed by atoms with Crippen molar-refractivity contribution in [1.29, 1.82) is 0 Å². The number of amides is 3. The van der Waals surface area contributed by atoms with Gasteiger partial charge in [0, 0.05) is 23.9 Å². The molecule has 0 bridgehead atoms. The molecule has 14 heteroatoms. The topological polar surface area (TPSA) is 185 Å². The van der Waals surface area contributed by atoms with Gasteiger partial charge in [-0.1, -0.05) is 54.8 Å². The van der Waals surface area contributed by atoms with Crippen LogP contribution in [0.4, 0.5) is 4.79 Å². The number of methoxy groups -OCH3 is 1. The summed E-state index contributed by atoms with van der Waals surface area (Å²) >= 11 is 3.25. The van der Waals surface area contributed by atoms with Gasteiger partial charge in [0.1, 0.15) is 12.1 Å². The summed E-state index contributed by atoms with van der Waals surface area (Å²) < 4.78 is 40.3. The Balaban J connectivity index is 0.000000483. The minimum absolute atomic E-state index is 0.0145. The number of nitrogens with two attached hydrogens (primary N) is 2. The number of carbonyl (C=O) groups is 4. The number of halogens is 1. The molecule has 3 fully saturated rings. The van der Waals surface area contributed by atoms with Gasteiger partial charge >= 0.3 is 12.1 Å². The van der Waals surface area contributed by atoms with E-state index in [2.05, 4.69) is 33.8 Å². The van der Waals surface area contributed by atoms with E-state index in [1.54, 1.807) is 12.1 Å². The molecule has 4 rings (SSSR count). The average molecular weight is 773 g/mol. The minimum Gasteiger partial charge on any atom is -0.469 e. The van der Waals surface area contributed by atoms with Gasteiger partial charge in [-0.25, -0.2) is 4.79 Å². The fourth-order valence-corrected chi connectivity index (χ4v) is 6.72. The number of allylic oxidation sites excluding steroid dienone is 2. The van der Waals surface area contributed by atoms with Crippen molar-refractivity contribution in [3.63, 3.8) is 0 Å². The summed E-state index contributed by atoms with van der Waals surface area (Å²) in [5.74, 6) is -0.453. The predicted molar refractivity (Wildman–Crippen MR) is 191 cm³/mol. The van der Waals surface area contributed by atoms with Crippen LogP contribution in [0, 0.1) is 11.8 Å². The first-order valence-electron chi connectivity index (χ1n) is 16.9. The molecule has 1 aliphatic heterocycles. The molecular weight excluding hydrogens is 718 g/mol. The summed E-state index contributed by atoms with van der Waals surface area (Å²) in [6.45, 7) is 11.3. The number of rotatable bonds is 14. The highest BCUT2D eigenvalue weighted by Crippen LogP contribution is 2.39. The first-order valence-corrected chi connectivity index (χ1v) is 19.1. The van der Waals surface area contributed by atoms with Gasteiger partial charge in [-0.3, -0.25) is 18.6 Å². The molecule has 4 unspecified atom stereocenters. The molecule has 1 aromatic rings. The molecule has 49 heavy (non-hydrogen) atoms. The third-order valence-corrected chi connectivity index (χ3v) is 9.96. The van der Waals surface area contributed by atoms with E-state index in [9.17, 15) is 27.6 Å². The van der Waals surface area contributed by atoms with E-state index in [-0.39, 0.29) is 41.8 Å². The number of nitrogens with zero attached hydrogens (tertiary/aromatic N) is 1. The summed E-state index contributed by atoms with van der Waals surface area (Å²) in [6.07, 6.45) is 12.6. The van der Waals surface area contributed by atoms with Crippen molar-refractivity contribution < 1.29 is 41.3 Å². The van der Waals surface area contributed by atoms with Gasteiger partial charge in [-0.15, -0.1) is 13.2 Å². The van der Waals surface area contributed by atoms with Crippen molar-refractivity contribution in [3.05, 3.63) is 54.0 Å². The Bertz CT molecular complexity index is 1320. The molecule has 2 aliphatic carbocycles. The van der Waals surface area contributed by atoms with Crippen LogP contribution in [0.25, 0.3) is 0 Å². The van der Waals surface area contributed by atoms with Crippen LogP contribution in [0.1, 0.15) is 90.9 Å². The Hall–Kier alpha value is -3.23. The fraction of sp³-hybridized carbons (Fsp3) is 0.600. The normalized spacial score (nSPS) is 20.9. The molecule has 0 radical (unpaired) electrons. The molecule has 1 aromatic carbocycles. The molecule has 3 amide bonds. The van der Waals surface area contributed by atoms with Gasteiger partial charge in [-0.2, -0.15) is 8.42 Å². The molecule has 0 aromatic heterocycles. The van der Waals surface area contributed by atoms with Gasteiger partial charge in [0.25, 0.3) is 10.1 Å². The summed E-state index contributed by atoms with van der Waals surface area (Å²) in [6, 6.07) is 5.20. The zero-order valence-corrected chi connectivity index (χ0v) is 31.4. The van der Waals surface area contributed by atoms with E-state index in [0.29, 0.717) is 18.8 Å². The number of likely N-dealkylation sites (tertiary alicyclic amines) is 1. The van der Waals surface area contributed by atoms with Gasteiger partial charge in [0.15, 0.2) is 0 Å². The first kappa shape index (κ1) is 43.8. The van der Waals surface area contributed by atoms with Gasteiger partial charge in [0.05, 0.1) is 24.0 Å². The Morgan fingerprint density at radius 2 is 1.57 bits per heavy atom. The van der Waals surface area contributed by atoms with Crippen molar-refractivity contribution in [2.75, 3.05) is 13.7 Å². The van der Waals surface area contributed by atoms with Gasteiger partial charge in [0.2, 0.25) is 11.8 Å². The first-order chi connectivity index (χ1) is 23.3. The van der Waals surface area contributed by atoms with E-state index in [1.165, 1.54) is 24.1 Å². The summed E-state index contributed by atoms with van der Waals surface area (Å²) in [5.41, 5.74) is 10.2. The minimum atomic E-state index is -4.01. The lowest BCUT2D eigenvalue weighted by molar-refractivity contribution is -0.142. The third-order valence-electron chi connectivity index (χ3n) is 8.06. The molecule has 3 aliphatic rings. The SMILES string of the molecule is C=CC1CC1C(=O)OC.C=CCCCCCCC(=O)N1CC(OS(=O)(=O)c2ccc(Br)cc2)CC1C(N)=O.CC.NC(=O)OC1CCCC1. The zero-order chi connectivity index (χ0) is 37.0. The van der Waals surface area contributed by atoms with Crippen LogP contribution in [-0.2, 0) is 38.2 Å². The van der Waals surface area contributed by atoms with E-state index in [1.807, 2.05) is 26.0 Å². The summed E-state index contributed by atoms with van der Waals surface area (Å²) in [5, 5.41) is 0. The second kappa shape index (κ2) is 23.2. The van der Waals surface area contributed by atoms with Crippen LogP contribution >= 0.6 is 15.9 Å². The Morgan fingerprint density at radius 1 is 0.959 bits per heavy atom. The number of benzene rings is 1. The lowest BCUT2D eigenvalue weighted by Gasteiger charge is -2.22. The standard InChI is InChI=1S/C20H27BrN2O5S.C7H10O2.C6H11NO2.C2H6/c1-2-3-4-5-6-7-8-19(24)23-14-16(13-18(23)20(22)25)28-29(26,27)17-11-9-15(21)10-12-17;1-3-5-4-6(5)7(8)9-2;7-6(8)9-5-3-1-2-4-5;1-2/h2,9-12,16,18H,1,3-8,13-14H2,(H2,22,25);3,5-6H,1,4H2,2H3;5H,1-4H2,(H2,7,8);1-2H3. The molecule has 2 saturated carbocycles. The number of carbonyl (C=O) groups excluding carboxylic acids is 4. The van der Waals surface area contributed by atoms with Crippen LogP contribution in [0.3, 0.4) is 0 Å². The number of esters is 1. The molecule has 4 N–H and O–H groups in total. The Kier molecular flexibility index (Phi) is 20.8. The monoisotopic (exact) mass is 771 g/mol. The second-order valence-corrected chi connectivity index (χ2v) is 14.2. The lowest BCUT2D eigenvalue weighted by atomic mass is 10.1. The maximum atomic E-state index is 12.6. The Labute approximate surface area is 300 Å². The predicted octanol–water partition coefficient (Wildman–Crippen LogP) is 6.17. The molecule has 1 saturated heterocycles. The van der Waals surface area contributed by atoms with Gasteiger partial charge in [-0.05, 0) is 81.5 Å². The van der Waals surface area contributed by atoms with Crippen molar-refractivity contribution in [2.24, 2.45) is 23.3 Å². The molecule has 12 nitrogen and oxygen atoms in total. The van der Waals surface area contributed by atoms with E-state index in [0.717, 1.165) is 62.3 Å². The molecule has 276 valence electrons. The van der Waals surface area contributed by atoms with E-state index < -0.39 is 34.3 Å². The van der Waals surface area contributed by atoms with E-state index >= 15 is 0 Å². The number of primary amides is 2. The largest absolute Gasteiger partial charge is 0.469 e. The van der Waals surface area contributed by atoms with Gasteiger partial charge < -0.3 is 25.8 Å². The molecule has 1 heterocycles. The van der Waals surface area contributed by atoms with Crippen LogP contribution in [0.15, 0.2) is 58.9 Å². The lowest BCUT2D eigenvalue weighted by Crippen LogP contribution is -2.43. The van der Waals surface area contributed by atoms with Crippen LogP contribution in [-0.4, -0.2) is 69.1 Å². The van der Waals surface area contributed by atoms with Crippen molar-refractivity contribution in [2.45, 2.75) is 114 Å². The second-order valence-electron chi connectivity index (χ2n) is 11.7. The molecule has 4 atom stereocenters. The van der Waals surface area contributed by atoms with Crippen LogP contribution in [0.2, 0.25) is 0 Å². The number of ether oxygens (including phenoxy) is 2. The maximum Gasteiger partial charge on any atom is 0.404 e. The third kappa shape index (κ3) is 16.4. The highest BCUT2D eigenvalue weighted by atomic mass is 79.9. The smallest absolute Gasteiger partial charge is 0.404 e. The highest BCUT2D eigenvalue weighted by Gasteiger charge is 2.42.